The Hall–Kier alpha value is -1.48. The molecule has 1 atom stereocenters. The van der Waals surface area contributed by atoms with E-state index < -0.39 is 30.3 Å². The molecule has 1 aromatic rings. The molecule has 0 bridgehead atoms. The van der Waals surface area contributed by atoms with Crippen LogP contribution < -0.4 is 9.47 Å². The van der Waals surface area contributed by atoms with Crippen molar-refractivity contribution in [1.29, 1.82) is 0 Å². The Morgan fingerprint density at radius 2 is 2.00 bits per heavy atom. The molecule has 0 fully saturated rings. The number of rotatable bonds is 5. The molecule has 1 aromatic carbocycles. The first-order valence-corrected chi connectivity index (χ1v) is 6.33. The summed E-state index contributed by atoms with van der Waals surface area (Å²) in [6.07, 6.45) is -4.81. The first-order chi connectivity index (χ1) is 9.55. The standard InChI is InChI=1S/C12H12BrF3O5/c1-11(18,10(17)19-2)6-20-7-3-4-9(8(13)5-7)21-12(14,15)16/h3-5,18H,6H2,1-2H3. The molecule has 1 rings (SSSR count). The summed E-state index contributed by atoms with van der Waals surface area (Å²) in [6.45, 7) is 0.764. The van der Waals surface area contributed by atoms with Gasteiger partial charge >= 0.3 is 12.3 Å². The third kappa shape index (κ3) is 5.43. The zero-order valence-electron chi connectivity index (χ0n) is 11.0. The number of benzene rings is 1. The zero-order chi connectivity index (χ0) is 16.3. The number of carbonyl (C=O) groups is 1. The van der Waals surface area contributed by atoms with Crippen LogP contribution in [0.4, 0.5) is 13.2 Å². The van der Waals surface area contributed by atoms with Crippen molar-refractivity contribution in [2.75, 3.05) is 13.7 Å². The van der Waals surface area contributed by atoms with Crippen LogP contribution >= 0.6 is 15.9 Å². The van der Waals surface area contributed by atoms with E-state index in [0.717, 1.165) is 13.2 Å². The summed E-state index contributed by atoms with van der Waals surface area (Å²) in [7, 11) is 1.11. The zero-order valence-corrected chi connectivity index (χ0v) is 12.6. The minimum atomic E-state index is -4.81. The number of halogens is 4. The molecule has 9 heteroatoms. The van der Waals surface area contributed by atoms with Gasteiger partial charge in [-0.3, -0.25) is 0 Å². The van der Waals surface area contributed by atoms with E-state index in [2.05, 4.69) is 25.4 Å². The highest BCUT2D eigenvalue weighted by Gasteiger charge is 2.33. The van der Waals surface area contributed by atoms with Crippen LogP contribution in [0.15, 0.2) is 22.7 Å². The average molecular weight is 373 g/mol. The highest BCUT2D eigenvalue weighted by atomic mass is 79.9. The van der Waals surface area contributed by atoms with Gasteiger partial charge in [0.2, 0.25) is 0 Å². The molecule has 21 heavy (non-hydrogen) atoms. The molecule has 0 aliphatic rings. The van der Waals surface area contributed by atoms with Crippen LogP contribution in [0.2, 0.25) is 0 Å². The second-order valence-corrected chi connectivity index (χ2v) is 5.05. The lowest BCUT2D eigenvalue weighted by molar-refractivity contribution is -0.274. The second-order valence-electron chi connectivity index (χ2n) is 4.19. The molecule has 0 aromatic heterocycles. The van der Waals surface area contributed by atoms with Crippen LogP contribution in [0.25, 0.3) is 0 Å². The van der Waals surface area contributed by atoms with Crippen molar-refractivity contribution in [2.24, 2.45) is 0 Å². The van der Waals surface area contributed by atoms with Crippen molar-refractivity contribution in [1.82, 2.24) is 0 Å². The molecule has 0 aliphatic carbocycles. The van der Waals surface area contributed by atoms with Crippen molar-refractivity contribution in [3.63, 3.8) is 0 Å². The smallest absolute Gasteiger partial charge is 0.490 e. The third-order valence-electron chi connectivity index (χ3n) is 2.27. The molecule has 0 radical (unpaired) electrons. The summed E-state index contributed by atoms with van der Waals surface area (Å²) in [4.78, 5) is 11.2. The molecule has 118 valence electrons. The number of hydrogen-bond acceptors (Lipinski definition) is 5. The number of methoxy groups -OCH3 is 1. The monoisotopic (exact) mass is 372 g/mol. The molecule has 0 saturated heterocycles. The van der Waals surface area contributed by atoms with Crippen molar-refractivity contribution < 1.29 is 37.3 Å². The van der Waals surface area contributed by atoms with Crippen LogP contribution in [0.3, 0.4) is 0 Å². The molecule has 0 spiro atoms. The summed E-state index contributed by atoms with van der Waals surface area (Å²) in [6, 6.07) is 3.47. The normalized spacial score (nSPS) is 14.2. The van der Waals surface area contributed by atoms with Gasteiger partial charge in [-0.25, -0.2) is 4.79 Å². The Bertz CT molecular complexity index is 516. The first kappa shape index (κ1) is 17.6. The molecule has 0 aliphatic heterocycles. The largest absolute Gasteiger partial charge is 0.573 e. The van der Waals surface area contributed by atoms with Crippen molar-refractivity contribution >= 4 is 21.9 Å². The van der Waals surface area contributed by atoms with Gasteiger partial charge in [-0.2, -0.15) is 0 Å². The maximum Gasteiger partial charge on any atom is 0.573 e. The molecule has 1 N–H and O–H groups in total. The fourth-order valence-electron chi connectivity index (χ4n) is 1.28. The highest BCUT2D eigenvalue weighted by molar-refractivity contribution is 9.10. The molecule has 1 unspecified atom stereocenters. The fourth-order valence-corrected chi connectivity index (χ4v) is 1.72. The van der Waals surface area contributed by atoms with Gasteiger partial charge in [-0.05, 0) is 41.1 Å². The molecule has 0 amide bonds. The molecule has 5 nitrogen and oxygen atoms in total. The van der Waals surface area contributed by atoms with Crippen LogP contribution in [0.5, 0.6) is 11.5 Å². The van der Waals surface area contributed by atoms with Crippen molar-refractivity contribution in [2.45, 2.75) is 18.9 Å². The van der Waals surface area contributed by atoms with E-state index >= 15 is 0 Å². The van der Waals surface area contributed by atoms with Crippen LogP contribution in [-0.4, -0.2) is 36.8 Å². The third-order valence-corrected chi connectivity index (χ3v) is 2.89. The van der Waals surface area contributed by atoms with Gasteiger partial charge in [0.25, 0.3) is 0 Å². The van der Waals surface area contributed by atoms with E-state index in [9.17, 15) is 23.1 Å². The van der Waals surface area contributed by atoms with Gasteiger partial charge in [-0.1, -0.05) is 0 Å². The summed E-state index contributed by atoms with van der Waals surface area (Å²) < 4.78 is 49.6. The SMILES string of the molecule is COC(=O)C(C)(O)COc1ccc(OC(F)(F)F)c(Br)c1. The van der Waals surface area contributed by atoms with Crippen LogP contribution in [0.1, 0.15) is 6.92 Å². The predicted molar refractivity (Wildman–Crippen MR) is 69.0 cm³/mol. The fraction of sp³-hybridized carbons (Fsp3) is 0.417. The minimum absolute atomic E-state index is 0.00929. The average Bonchev–Trinajstić information content (AvgIpc) is 2.37. The van der Waals surface area contributed by atoms with Gasteiger partial charge in [0.05, 0.1) is 11.6 Å². The summed E-state index contributed by atoms with van der Waals surface area (Å²) >= 11 is 2.90. The Labute approximate surface area is 126 Å². The number of aliphatic hydroxyl groups is 1. The number of carbonyl (C=O) groups excluding carboxylic acids is 1. The van der Waals surface area contributed by atoms with Gasteiger partial charge in [0, 0.05) is 0 Å². The van der Waals surface area contributed by atoms with Crippen LogP contribution in [-0.2, 0) is 9.53 Å². The van der Waals surface area contributed by atoms with Crippen molar-refractivity contribution in [3.8, 4) is 11.5 Å². The number of ether oxygens (including phenoxy) is 3. The van der Waals surface area contributed by atoms with E-state index in [1.807, 2.05) is 0 Å². The predicted octanol–water partition coefficient (Wildman–Crippen LogP) is 2.65. The van der Waals surface area contributed by atoms with Gasteiger partial charge in [0.15, 0.2) is 5.60 Å². The number of alkyl halides is 3. The number of esters is 1. The maximum absolute atomic E-state index is 12.1. The Kier molecular flexibility index (Phi) is 5.46. The van der Waals surface area contributed by atoms with Gasteiger partial charge in [0.1, 0.15) is 18.1 Å². The van der Waals surface area contributed by atoms with E-state index in [-0.39, 0.29) is 10.2 Å². The number of hydrogen-bond donors (Lipinski definition) is 1. The van der Waals surface area contributed by atoms with E-state index in [4.69, 9.17) is 4.74 Å². The summed E-state index contributed by atoms with van der Waals surface area (Å²) in [5.41, 5.74) is -1.87. The molecule has 0 saturated carbocycles. The first-order valence-electron chi connectivity index (χ1n) is 5.54. The van der Waals surface area contributed by atoms with Gasteiger partial charge < -0.3 is 19.3 Å². The van der Waals surface area contributed by atoms with Gasteiger partial charge in [-0.15, -0.1) is 13.2 Å². The maximum atomic E-state index is 12.1. The molecule has 0 heterocycles. The lowest BCUT2D eigenvalue weighted by Gasteiger charge is -2.20. The Morgan fingerprint density at radius 3 is 2.48 bits per heavy atom. The van der Waals surface area contributed by atoms with Crippen LogP contribution in [0, 0.1) is 0 Å². The molecular weight excluding hydrogens is 361 g/mol. The quantitative estimate of drug-likeness (QED) is 0.805. The minimum Gasteiger partial charge on any atom is -0.490 e. The van der Waals surface area contributed by atoms with E-state index in [0.29, 0.717) is 0 Å². The topological polar surface area (TPSA) is 65.0 Å². The second kappa shape index (κ2) is 6.52. The lowest BCUT2D eigenvalue weighted by Crippen LogP contribution is -2.42. The molecular formula is C12H12BrF3O5. The van der Waals surface area contributed by atoms with Crippen molar-refractivity contribution in [3.05, 3.63) is 22.7 Å². The lowest BCUT2D eigenvalue weighted by atomic mass is 10.1. The summed E-state index contributed by atoms with van der Waals surface area (Å²) in [5, 5.41) is 9.74. The summed E-state index contributed by atoms with van der Waals surface area (Å²) in [5.74, 6) is -1.19. The highest BCUT2D eigenvalue weighted by Crippen LogP contribution is 2.33. The Morgan fingerprint density at radius 1 is 1.38 bits per heavy atom. The van der Waals surface area contributed by atoms with E-state index in [1.165, 1.54) is 19.1 Å². The van der Waals surface area contributed by atoms with E-state index in [1.54, 1.807) is 0 Å². The Balaban J connectivity index is 2.75.